The van der Waals surface area contributed by atoms with E-state index in [1.807, 2.05) is 42.5 Å². The summed E-state index contributed by atoms with van der Waals surface area (Å²) in [5, 5.41) is 12.6. The first kappa shape index (κ1) is 13.0. The van der Waals surface area contributed by atoms with Gasteiger partial charge in [-0.1, -0.05) is 36.4 Å². The number of imide groups is 1. The number of carbonyl (C=O) groups is 2. The molecule has 0 radical (unpaired) electrons. The summed E-state index contributed by atoms with van der Waals surface area (Å²) in [6.07, 6.45) is 0. The highest BCUT2D eigenvalue weighted by atomic mass is 16.3. The highest BCUT2D eigenvalue weighted by Gasteiger charge is 2.33. The smallest absolute Gasteiger partial charge is 0.262 e. The summed E-state index contributed by atoms with van der Waals surface area (Å²) in [6, 6.07) is 15.1. The topological polar surface area (TPSA) is 57.6 Å². The van der Waals surface area contributed by atoms with E-state index in [2.05, 4.69) is 0 Å². The van der Waals surface area contributed by atoms with Crippen LogP contribution in [0.1, 0.15) is 20.7 Å². The predicted molar refractivity (Wildman–Crippen MR) is 83.9 cm³/mol. The third-order valence-electron chi connectivity index (χ3n) is 4.15. The molecule has 0 fully saturated rings. The lowest BCUT2D eigenvalue weighted by Gasteiger charge is -2.27. The molecule has 0 saturated heterocycles. The quantitative estimate of drug-likeness (QED) is 0.583. The summed E-state index contributed by atoms with van der Waals surface area (Å²) in [7, 11) is 0. The van der Waals surface area contributed by atoms with Gasteiger partial charge in [0.2, 0.25) is 0 Å². The number of rotatable bonds is 2. The Hall–Kier alpha value is -2.72. The largest absolute Gasteiger partial charge is 0.395 e. The van der Waals surface area contributed by atoms with Crippen molar-refractivity contribution in [1.82, 2.24) is 4.90 Å². The van der Waals surface area contributed by atoms with Crippen LogP contribution in [-0.4, -0.2) is 35.0 Å². The zero-order valence-corrected chi connectivity index (χ0v) is 11.7. The van der Waals surface area contributed by atoms with Crippen LogP contribution in [0.3, 0.4) is 0 Å². The van der Waals surface area contributed by atoms with Gasteiger partial charge in [0, 0.05) is 10.9 Å². The van der Waals surface area contributed by atoms with Crippen LogP contribution in [0.2, 0.25) is 0 Å². The van der Waals surface area contributed by atoms with Gasteiger partial charge in [-0.05, 0) is 28.3 Å². The Morgan fingerprint density at radius 1 is 0.909 bits per heavy atom. The van der Waals surface area contributed by atoms with Crippen molar-refractivity contribution in [2.24, 2.45) is 0 Å². The Balaban J connectivity index is 2.18. The number of hydrogen-bond donors (Lipinski definition) is 1. The van der Waals surface area contributed by atoms with Crippen LogP contribution < -0.4 is 0 Å². The van der Waals surface area contributed by atoms with E-state index in [0.29, 0.717) is 16.5 Å². The normalized spacial score (nSPS) is 14.1. The van der Waals surface area contributed by atoms with Crippen molar-refractivity contribution in [3.63, 3.8) is 0 Å². The van der Waals surface area contributed by atoms with Gasteiger partial charge >= 0.3 is 0 Å². The molecular formula is C18H13NO3. The number of carbonyl (C=O) groups excluding carboxylic acids is 2. The number of benzene rings is 3. The first-order chi connectivity index (χ1) is 10.7. The van der Waals surface area contributed by atoms with Gasteiger partial charge in [-0.15, -0.1) is 0 Å². The summed E-state index contributed by atoms with van der Waals surface area (Å²) in [4.78, 5) is 26.5. The molecule has 2 amide bonds. The summed E-state index contributed by atoms with van der Waals surface area (Å²) in [6.45, 7) is -0.232. The Morgan fingerprint density at radius 2 is 1.68 bits per heavy atom. The molecule has 0 aromatic heterocycles. The summed E-state index contributed by atoms with van der Waals surface area (Å²) in [5.74, 6) is -0.674. The SMILES string of the molecule is O=C1c2cccc3cc4ccccc4c(c23)C(=O)N1CCO. The van der Waals surface area contributed by atoms with Crippen molar-refractivity contribution in [1.29, 1.82) is 0 Å². The Labute approximate surface area is 126 Å². The zero-order chi connectivity index (χ0) is 15.3. The lowest BCUT2D eigenvalue weighted by molar-refractivity contribution is 0.0581. The molecule has 4 nitrogen and oxygen atoms in total. The highest BCUT2D eigenvalue weighted by molar-refractivity contribution is 6.30. The van der Waals surface area contributed by atoms with E-state index in [-0.39, 0.29) is 25.0 Å². The average Bonchev–Trinajstić information content (AvgIpc) is 2.55. The van der Waals surface area contributed by atoms with E-state index in [9.17, 15) is 9.59 Å². The monoisotopic (exact) mass is 291 g/mol. The molecule has 1 N–H and O–H groups in total. The van der Waals surface area contributed by atoms with Crippen LogP contribution in [0, 0.1) is 0 Å². The van der Waals surface area contributed by atoms with Crippen molar-refractivity contribution < 1.29 is 14.7 Å². The number of β-amino-alcohol motifs (C(OH)–C–C–N with tert-alkyl or cyclic N) is 1. The minimum Gasteiger partial charge on any atom is -0.395 e. The standard InChI is InChI=1S/C18H13NO3/c20-9-8-19-17(21)14-7-3-5-12-10-11-4-1-2-6-13(11)16(15(12)14)18(19)22/h1-7,10,20H,8-9H2. The molecule has 108 valence electrons. The minimum absolute atomic E-state index is 0.0106. The molecule has 4 heteroatoms. The maximum absolute atomic E-state index is 12.8. The van der Waals surface area contributed by atoms with E-state index in [1.165, 1.54) is 0 Å². The Bertz CT molecular complexity index is 946. The fourth-order valence-electron chi connectivity index (χ4n) is 3.20. The second-order valence-corrected chi connectivity index (χ2v) is 5.36. The van der Waals surface area contributed by atoms with E-state index in [0.717, 1.165) is 21.1 Å². The van der Waals surface area contributed by atoms with E-state index in [4.69, 9.17) is 5.11 Å². The minimum atomic E-state index is -0.340. The molecule has 4 rings (SSSR count). The second kappa shape index (κ2) is 4.64. The Morgan fingerprint density at radius 3 is 2.50 bits per heavy atom. The van der Waals surface area contributed by atoms with Crippen molar-refractivity contribution in [2.75, 3.05) is 13.2 Å². The first-order valence-electron chi connectivity index (χ1n) is 7.14. The number of fused-ring (bicyclic) bond motifs is 2. The van der Waals surface area contributed by atoms with Gasteiger partial charge in [0.05, 0.1) is 18.7 Å². The maximum Gasteiger partial charge on any atom is 0.262 e. The van der Waals surface area contributed by atoms with Crippen LogP contribution in [0.5, 0.6) is 0 Å². The molecule has 3 aromatic rings. The molecule has 3 aromatic carbocycles. The van der Waals surface area contributed by atoms with Crippen LogP contribution >= 0.6 is 0 Å². The number of hydrogen-bond acceptors (Lipinski definition) is 3. The lowest BCUT2D eigenvalue weighted by atomic mass is 9.89. The summed E-state index contributed by atoms with van der Waals surface area (Å²) >= 11 is 0. The van der Waals surface area contributed by atoms with Crippen molar-refractivity contribution in [3.05, 3.63) is 59.7 Å². The lowest BCUT2D eigenvalue weighted by Crippen LogP contribution is -2.42. The second-order valence-electron chi connectivity index (χ2n) is 5.36. The highest BCUT2D eigenvalue weighted by Crippen LogP contribution is 2.35. The van der Waals surface area contributed by atoms with Gasteiger partial charge < -0.3 is 5.11 Å². The molecule has 0 bridgehead atoms. The van der Waals surface area contributed by atoms with E-state index >= 15 is 0 Å². The molecule has 1 heterocycles. The van der Waals surface area contributed by atoms with Gasteiger partial charge in [0.25, 0.3) is 11.8 Å². The van der Waals surface area contributed by atoms with Crippen LogP contribution in [0.15, 0.2) is 48.5 Å². The molecule has 0 atom stereocenters. The van der Waals surface area contributed by atoms with Gasteiger partial charge in [-0.25, -0.2) is 0 Å². The van der Waals surface area contributed by atoms with Crippen molar-refractivity contribution >= 4 is 33.4 Å². The Kier molecular flexibility index (Phi) is 2.74. The van der Waals surface area contributed by atoms with Crippen LogP contribution in [0.4, 0.5) is 0 Å². The van der Waals surface area contributed by atoms with Gasteiger partial charge in [0.1, 0.15) is 0 Å². The summed E-state index contributed by atoms with van der Waals surface area (Å²) < 4.78 is 0. The van der Waals surface area contributed by atoms with Crippen LogP contribution in [-0.2, 0) is 0 Å². The predicted octanol–water partition coefficient (Wildman–Crippen LogP) is 2.58. The zero-order valence-electron chi connectivity index (χ0n) is 11.7. The number of aliphatic hydroxyl groups excluding tert-OH is 1. The molecule has 1 aliphatic rings. The molecule has 0 aliphatic carbocycles. The van der Waals surface area contributed by atoms with E-state index < -0.39 is 0 Å². The number of nitrogens with zero attached hydrogens (tertiary/aromatic N) is 1. The summed E-state index contributed by atoms with van der Waals surface area (Å²) in [5.41, 5.74) is 1.07. The average molecular weight is 291 g/mol. The first-order valence-corrected chi connectivity index (χ1v) is 7.14. The fraction of sp³-hybridized carbons (Fsp3) is 0.111. The maximum atomic E-state index is 12.8. The molecule has 22 heavy (non-hydrogen) atoms. The number of amides is 2. The van der Waals surface area contributed by atoms with Crippen LogP contribution in [0.25, 0.3) is 21.5 Å². The molecule has 0 spiro atoms. The molecule has 0 unspecified atom stereocenters. The number of aliphatic hydroxyl groups is 1. The third kappa shape index (κ3) is 1.61. The molecular weight excluding hydrogens is 278 g/mol. The van der Waals surface area contributed by atoms with Crippen molar-refractivity contribution in [3.8, 4) is 0 Å². The van der Waals surface area contributed by atoms with Gasteiger partial charge in [-0.3, -0.25) is 14.5 Å². The molecule has 0 saturated carbocycles. The molecule has 1 aliphatic heterocycles. The van der Waals surface area contributed by atoms with E-state index in [1.54, 1.807) is 6.07 Å². The third-order valence-corrected chi connectivity index (χ3v) is 4.15. The van der Waals surface area contributed by atoms with Crippen molar-refractivity contribution in [2.45, 2.75) is 0 Å². The van der Waals surface area contributed by atoms with Gasteiger partial charge in [0.15, 0.2) is 0 Å². The fourth-order valence-corrected chi connectivity index (χ4v) is 3.20. The van der Waals surface area contributed by atoms with Gasteiger partial charge in [-0.2, -0.15) is 0 Å².